The van der Waals surface area contributed by atoms with Gasteiger partial charge < -0.3 is 0 Å². The van der Waals surface area contributed by atoms with Crippen molar-refractivity contribution in [1.29, 1.82) is 0 Å². The van der Waals surface area contributed by atoms with Crippen molar-refractivity contribution in [3.8, 4) is 0 Å². The van der Waals surface area contributed by atoms with Crippen molar-refractivity contribution in [3.63, 3.8) is 0 Å². The molecule has 0 bridgehead atoms. The van der Waals surface area contributed by atoms with Crippen LogP contribution in [0.25, 0.3) is 6.08 Å². The van der Waals surface area contributed by atoms with Crippen LogP contribution in [-0.4, -0.2) is 12.0 Å². The molecule has 0 aliphatic carbocycles. The zero-order chi connectivity index (χ0) is 9.80. The highest BCUT2D eigenvalue weighted by molar-refractivity contribution is 6.32. The van der Waals surface area contributed by atoms with Crippen molar-refractivity contribution >= 4 is 18.1 Å². The molecule has 3 heteroatoms. The van der Waals surface area contributed by atoms with Gasteiger partial charge in [-0.15, -0.1) is 0 Å². The number of fused-ring (bicyclic) bond motifs is 1. The number of allylic oxidation sites excluding steroid dienone is 2. The second kappa shape index (κ2) is 3.79. The first-order chi connectivity index (χ1) is 6.86. The molecule has 0 radical (unpaired) electrons. The lowest BCUT2D eigenvalue weighted by Gasteiger charge is -1.84. The summed E-state index contributed by atoms with van der Waals surface area (Å²) in [5, 5.41) is 9.35. The third-order valence-electron chi connectivity index (χ3n) is 1.82. The van der Waals surface area contributed by atoms with E-state index in [-0.39, 0.29) is 5.78 Å². The van der Waals surface area contributed by atoms with E-state index in [1.807, 2.05) is 30.3 Å². The van der Waals surface area contributed by atoms with Gasteiger partial charge in [0, 0.05) is 5.22 Å². The molecule has 0 atom stereocenters. The summed E-state index contributed by atoms with van der Waals surface area (Å²) in [6.07, 6.45) is 6.20. The average Bonchev–Trinajstić information content (AvgIpc) is 2.28. The summed E-state index contributed by atoms with van der Waals surface area (Å²) in [5.74, 6) is -0.155. The third kappa shape index (κ3) is 1.82. The van der Waals surface area contributed by atoms with Crippen molar-refractivity contribution in [2.24, 2.45) is 10.2 Å². The first-order valence-corrected chi connectivity index (χ1v) is 4.25. The van der Waals surface area contributed by atoms with E-state index in [1.54, 1.807) is 6.08 Å². The summed E-state index contributed by atoms with van der Waals surface area (Å²) >= 11 is 0. The van der Waals surface area contributed by atoms with E-state index >= 15 is 0 Å². The molecule has 14 heavy (non-hydrogen) atoms. The number of ketones is 1. The fourth-order valence-corrected chi connectivity index (χ4v) is 1.16. The quantitative estimate of drug-likeness (QED) is 0.568. The molecular formula is C11H8N2O. The fourth-order valence-electron chi connectivity index (χ4n) is 1.16. The maximum atomic E-state index is 11.0. The number of benzene rings is 1. The van der Waals surface area contributed by atoms with Gasteiger partial charge in [0.25, 0.3) is 0 Å². The van der Waals surface area contributed by atoms with E-state index in [1.165, 1.54) is 12.3 Å². The largest absolute Gasteiger partial charge is 0.288 e. The van der Waals surface area contributed by atoms with Crippen LogP contribution in [0.5, 0.6) is 0 Å². The number of rotatable bonds is 0. The molecule has 0 N–H and O–H groups in total. The number of hydrogen-bond donors (Lipinski definition) is 0. The number of carbonyl (C=O) groups is 1. The smallest absolute Gasteiger partial charge is 0.198 e. The molecule has 68 valence electrons. The van der Waals surface area contributed by atoms with Gasteiger partial charge in [-0.1, -0.05) is 30.4 Å². The molecule has 0 saturated heterocycles. The molecule has 0 saturated carbocycles. The number of nitrogens with zero attached hydrogens (tertiary/aromatic N) is 2. The van der Waals surface area contributed by atoms with Crippen LogP contribution in [0.3, 0.4) is 0 Å². The molecule has 2 rings (SSSR count). The Bertz CT molecular complexity index is 479. The second-order valence-electron chi connectivity index (χ2n) is 2.83. The minimum absolute atomic E-state index is 0.155. The Morgan fingerprint density at radius 1 is 1.14 bits per heavy atom. The Labute approximate surface area is 80.8 Å². The van der Waals surface area contributed by atoms with Crippen molar-refractivity contribution in [1.82, 2.24) is 0 Å². The predicted octanol–water partition coefficient (Wildman–Crippen LogP) is 0.211. The van der Waals surface area contributed by atoms with Gasteiger partial charge in [-0.25, -0.2) is 0 Å². The Balaban J connectivity index is 2.71. The van der Waals surface area contributed by atoms with Crippen molar-refractivity contribution in [2.75, 3.05) is 0 Å². The molecule has 1 aromatic carbocycles. The monoisotopic (exact) mass is 184 g/mol. The predicted molar refractivity (Wildman–Crippen MR) is 54.3 cm³/mol. The molecule has 0 unspecified atom stereocenters. The maximum absolute atomic E-state index is 11.0. The van der Waals surface area contributed by atoms with Crippen molar-refractivity contribution in [2.45, 2.75) is 0 Å². The van der Waals surface area contributed by atoms with Gasteiger partial charge >= 0.3 is 0 Å². The normalized spacial score (nSPS) is 14.4. The van der Waals surface area contributed by atoms with Crippen LogP contribution in [0.15, 0.2) is 46.6 Å². The zero-order valence-electron chi connectivity index (χ0n) is 7.42. The highest BCUT2D eigenvalue weighted by Crippen LogP contribution is 1.81. The van der Waals surface area contributed by atoms with Crippen LogP contribution in [-0.2, 0) is 4.79 Å². The Kier molecular flexibility index (Phi) is 2.32. The van der Waals surface area contributed by atoms with E-state index in [2.05, 4.69) is 10.2 Å². The van der Waals surface area contributed by atoms with Crippen LogP contribution < -0.4 is 10.6 Å². The van der Waals surface area contributed by atoms with Gasteiger partial charge in [-0.2, -0.15) is 10.2 Å². The number of carbonyl (C=O) groups excluding carboxylic acids is 1. The lowest BCUT2D eigenvalue weighted by atomic mass is 10.2. The molecule has 3 nitrogen and oxygen atoms in total. The Morgan fingerprint density at radius 3 is 2.93 bits per heavy atom. The first kappa shape index (κ1) is 8.56. The standard InChI is InChI=1S/C11H8N2O/c14-10-6-3-5-9-4-1-2-7-11(9)13-12-8-10/h1-8H. The highest BCUT2D eigenvalue weighted by atomic mass is 16.1. The summed E-state index contributed by atoms with van der Waals surface area (Å²) < 4.78 is 0. The maximum Gasteiger partial charge on any atom is 0.198 e. The average molecular weight is 184 g/mol. The van der Waals surface area contributed by atoms with Crippen LogP contribution in [0.1, 0.15) is 0 Å². The Morgan fingerprint density at radius 2 is 2.00 bits per heavy atom. The minimum atomic E-state index is -0.155. The van der Waals surface area contributed by atoms with E-state index in [9.17, 15) is 4.79 Å². The molecule has 1 aliphatic rings. The SMILES string of the molecule is O=C1C=CC=c2ccccc2=NN=C1. The topological polar surface area (TPSA) is 41.8 Å². The van der Waals surface area contributed by atoms with Crippen LogP contribution in [0.2, 0.25) is 0 Å². The molecule has 1 aromatic rings. The van der Waals surface area contributed by atoms with Gasteiger partial charge in [-0.3, -0.25) is 4.79 Å². The third-order valence-corrected chi connectivity index (χ3v) is 1.82. The summed E-state index contributed by atoms with van der Waals surface area (Å²) in [6.45, 7) is 0. The van der Waals surface area contributed by atoms with Crippen LogP contribution in [0.4, 0.5) is 0 Å². The van der Waals surface area contributed by atoms with Gasteiger partial charge in [-0.05, 0) is 12.1 Å². The first-order valence-electron chi connectivity index (χ1n) is 4.25. The van der Waals surface area contributed by atoms with Gasteiger partial charge in [0.2, 0.25) is 0 Å². The zero-order valence-corrected chi connectivity index (χ0v) is 7.42. The fraction of sp³-hybridized carbons (Fsp3) is 0. The molecule has 0 aromatic heterocycles. The molecule has 0 spiro atoms. The molecule has 0 fully saturated rings. The summed E-state index contributed by atoms with van der Waals surface area (Å²) in [7, 11) is 0. The van der Waals surface area contributed by atoms with Crippen LogP contribution >= 0.6 is 0 Å². The van der Waals surface area contributed by atoms with Crippen molar-refractivity contribution < 1.29 is 4.79 Å². The van der Waals surface area contributed by atoms with Crippen LogP contribution in [0, 0.1) is 0 Å². The second-order valence-corrected chi connectivity index (χ2v) is 2.83. The molecular weight excluding hydrogens is 176 g/mol. The van der Waals surface area contributed by atoms with E-state index < -0.39 is 0 Å². The van der Waals surface area contributed by atoms with Gasteiger partial charge in [0.1, 0.15) is 0 Å². The van der Waals surface area contributed by atoms with E-state index in [0.717, 1.165) is 10.6 Å². The van der Waals surface area contributed by atoms with Gasteiger partial charge in [0.15, 0.2) is 5.78 Å². The highest BCUT2D eigenvalue weighted by Gasteiger charge is 1.90. The summed E-state index contributed by atoms with van der Waals surface area (Å²) in [6, 6.07) is 7.58. The minimum Gasteiger partial charge on any atom is -0.288 e. The van der Waals surface area contributed by atoms with E-state index in [0.29, 0.717) is 0 Å². The van der Waals surface area contributed by atoms with Crippen molar-refractivity contribution in [3.05, 3.63) is 47.0 Å². The summed E-state index contributed by atoms with van der Waals surface area (Å²) in [4.78, 5) is 11.0. The molecule has 1 heterocycles. The molecule has 0 amide bonds. The van der Waals surface area contributed by atoms with E-state index in [4.69, 9.17) is 0 Å². The number of hydrogen-bond acceptors (Lipinski definition) is 3. The lowest BCUT2D eigenvalue weighted by Crippen LogP contribution is -2.23. The van der Waals surface area contributed by atoms with Gasteiger partial charge in [0.05, 0.1) is 11.6 Å². The summed E-state index contributed by atoms with van der Waals surface area (Å²) in [5.41, 5.74) is 0. The molecule has 1 aliphatic heterocycles. The Hall–Kier alpha value is -2.03. The lowest BCUT2D eigenvalue weighted by molar-refractivity contribution is -0.108.